The lowest BCUT2D eigenvalue weighted by Gasteiger charge is -2.13. The Bertz CT molecular complexity index is 837. The second kappa shape index (κ2) is 29.8. The first-order valence-electron chi connectivity index (χ1n) is 18.6. The fourth-order valence-corrected chi connectivity index (χ4v) is 6.69. The van der Waals surface area contributed by atoms with Crippen molar-refractivity contribution in [2.75, 3.05) is 6.54 Å². The van der Waals surface area contributed by atoms with Crippen molar-refractivity contribution in [3.63, 3.8) is 0 Å². The molecule has 0 aliphatic heterocycles. The summed E-state index contributed by atoms with van der Waals surface area (Å²) in [5.41, 5.74) is 8.33. The Kier molecular flexibility index (Phi) is 29.2. The first-order chi connectivity index (χ1) is 20.8. The van der Waals surface area contributed by atoms with Gasteiger partial charge in [0.2, 0.25) is 0 Å². The number of rotatable bonds is 28. The van der Waals surface area contributed by atoms with E-state index in [0.29, 0.717) is 0 Å². The van der Waals surface area contributed by atoms with Gasteiger partial charge in [-0.25, -0.2) is 0 Å². The second-order valence-electron chi connectivity index (χ2n) is 13.0. The fourth-order valence-electron chi connectivity index (χ4n) is 5.88. The van der Waals surface area contributed by atoms with Gasteiger partial charge in [-0.15, -0.1) is 0 Å². The van der Waals surface area contributed by atoms with Crippen LogP contribution in [0.4, 0.5) is 0 Å². The Morgan fingerprint density at radius 2 is 0.860 bits per heavy atom. The molecule has 0 unspecified atom stereocenters. The van der Waals surface area contributed by atoms with E-state index in [1.165, 1.54) is 160 Å². The summed E-state index contributed by atoms with van der Waals surface area (Å²) in [6.07, 6.45) is 36.2. The molecule has 1 rings (SSSR count). The molecule has 0 atom stereocenters. The maximum absolute atomic E-state index is 11.6. The van der Waals surface area contributed by atoms with E-state index < -0.39 is 10.1 Å². The summed E-state index contributed by atoms with van der Waals surface area (Å²) >= 11 is 0. The second-order valence-corrected chi connectivity index (χ2v) is 14.4. The van der Waals surface area contributed by atoms with Gasteiger partial charge in [0.1, 0.15) is 0 Å². The molecule has 0 saturated heterocycles. The Labute approximate surface area is 269 Å². The zero-order valence-corrected chi connectivity index (χ0v) is 30.0. The summed E-state index contributed by atoms with van der Waals surface area (Å²) in [7, 11) is -4.14. The van der Waals surface area contributed by atoms with Gasteiger partial charge in [0.15, 0.2) is 0 Å². The summed E-state index contributed by atoms with van der Waals surface area (Å²) in [6.45, 7) is 9.32. The predicted molar refractivity (Wildman–Crippen MR) is 190 cm³/mol. The molecule has 0 fully saturated rings. The smallest absolute Gasteiger partial charge is 0.294 e. The maximum Gasteiger partial charge on any atom is 0.294 e. The molecule has 0 radical (unpaired) electrons. The normalized spacial score (nSPS) is 11.5. The zero-order valence-electron chi connectivity index (χ0n) is 29.2. The van der Waals surface area contributed by atoms with Gasteiger partial charge >= 0.3 is 0 Å². The third kappa shape index (κ3) is 25.0. The molecule has 1 aromatic carbocycles. The molecule has 4 nitrogen and oxygen atoms in total. The molecule has 0 aliphatic carbocycles. The largest absolute Gasteiger partial charge is 0.330 e. The Balaban J connectivity index is 0.000000846. The molecular formula is C38H73NO3S. The molecule has 0 aliphatic rings. The van der Waals surface area contributed by atoms with E-state index in [0.717, 1.165) is 42.5 Å². The van der Waals surface area contributed by atoms with Gasteiger partial charge in [-0.05, 0) is 62.4 Å². The molecule has 0 aromatic heterocycles. The van der Waals surface area contributed by atoms with Crippen LogP contribution in [0.2, 0.25) is 0 Å². The van der Waals surface area contributed by atoms with Crippen LogP contribution >= 0.6 is 0 Å². The number of benzene rings is 1. The van der Waals surface area contributed by atoms with Crippen molar-refractivity contribution in [1.82, 2.24) is 0 Å². The van der Waals surface area contributed by atoms with Gasteiger partial charge in [0.25, 0.3) is 10.1 Å². The van der Waals surface area contributed by atoms with Gasteiger partial charge in [0, 0.05) is 0 Å². The van der Waals surface area contributed by atoms with E-state index in [1.807, 2.05) is 13.8 Å². The van der Waals surface area contributed by atoms with E-state index in [9.17, 15) is 13.0 Å². The topological polar surface area (TPSA) is 80.4 Å². The average Bonchev–Trinajstić information content (AvgIpc) is 2.98. The van der Waals surface area contributed by atoms with Gasteiger partial charge in [-0.3, -0.25) is 4.55 Å². The highest BCUT2D eigenvalue weighted by molar-refractivity contribution is 7.85. The van der Waals surface area contributed by atoms with Crippen molar-refractivity contribution in [3.8, 4) is 0 Å². The van der Waals surface area contributed by atoms with Crippen LogP contribution in [-0.2, 0) is 16.5 Å². The van der Waals surface area contributed by atoms with E-state index in [4.69, 9.17) is 5.73 Å². The quantitative estimate of drug-likeness (QED) is 0.0718. The van der Waals surface area contributed by atoms with Crippen LogP contribution in [0, 0.1) is 13.8 Å². The minimum absolute atomic E-state index is 0.0847. The highest BCUT2D eigenvalue weighted by Gasteiger charge is 2.17. The van der Waals surface area contributed by atoms with Crippen LogP contribution in [0.15, 0.2) is 17.0 Å². The minimum atomic E-state index is -4.14. The van der Waals surface area contributed by atoms with Crippen molar-refractivity contribution in [1.29, 1.82) is 0 Å². The lowest BCUT2D eigenvalue weighted by atomic mass is 9.98. The molecule has 0 saturated carbocycles. The van der Waals surface area contributed by atoms with E-state index in [1.54, 1.807) is 6.07 Å². The van der Waals surface area contributed by atoms with Crippen molar-refractivity contribution in [2.24, 2.45) is 5.73 Å². The maximum atomic E-state index is 11.6. The van der Waals surface area contributed by atoms with Crippen LogP contribution in [0.1, 0.15) is 197 Å². The molecule has 43 heavy (non-hydrogen) atoms. The number of unbranched alkanes of at least 4 members (excludes halogenated alkanes) is 24. The zero-order chi connectivity index (χ0) is 32.0. The lowest BCUT2D eigenvalue weighted by molar-refractivity contribution is 0.481. The molecule has 0 amide bonds. The fraction of sp³-hybridized carbons (Fsp3) is 0.842. The third-order valence-corrected chi connectivity index (χ3v) is 9.88. The number of hydrogen-bond acceptors (Lipinski definition) is 3. The minimum Gasteiger partial charge on any atom is -0.330 e. The lowest BCUT2D eigenvalue weighted by Crippen LogP contribution is -2.06. The first kappa shape index (κ1) is 42.1. The number of aryl methyl sites for hydroxylation is 1. The summed E-state index contributed by atoms with van der Waals surface area (Å²) < 4.78 is 32.5. The van der Waals surface area contributed by atoms with Crippen LogP contribution in [-0.4, -0.2) is 19.5 Å². The van der Waals surface area contributed by atoms with Gasteiger partial charge < -0.3 is 5.73 Å². The standard InChI is InChI=1S/C20H34O3S.C18H39N/c1-4-5-6-7-8-9-10-11-12-13-14-19-18(3)17(2)15-16-20(19)24(21,22)23;1-2-3-4-5-6-7-8-9-10-11-12-13-14-15-16-17-18-19/h15-16H,4-14H2,1-3H3,(H,21,22,23);2-19H2,1H3. The Morgan fingerprint density at radius 3 is 1.19 bits per heavy atom. The molecule has 5 heteroatoms. The molecule has 0 bridgehead atoms. The third-order valence-electron chi connectivity index (χ3n) is 8.94. The van der Waals surface area contributed by atoms with Crippen LogP contribution in [0.3, 0.4) is 0 Å². The molecule has 1 aromatic rings. The molecule has 3 N–H and O–H groups in total. The summed E-state index contributed by atoms with van der Waals surface area (Å²) in [5.74, 6) is 0. The van der Waals surface area contributed by atoms with Crippen molar-refractivity contribution < 1.29 is 13.0 Å². The molecule has 254 valence electrons. The van der Waals surface area contributed by atoms with Crippen molar-refractivity contribution in [2.45, 2.75) is 206 Å². The summed E-state index contributed by atoms with van der Waals surface area (Å²) in [4.78, 5) is 0.0847. The SMILES string of the molecule is CCCCCCCCCCCCCCCCCCN.CCCCCCCCCCCCc1c(S(=O)(=O)O)ccc(C)c1C. The van der Waals surface area contributed by atoms with Crippen LogP contribution in [0.25, 0.3) is 0 Å². The van der Waals surface area contributed by atoms with Gasteiger partial charge in [-0.2, -0.15) is 8.42 Å². The van der Waals surface area contributed by atoms with E-state index >= 15 is 0 Å². The van der Waals surface area contributed by atoms with Crippen molar-refractivity contribution >= 4 is 10.1 Å². The van der Waals surface area contributed by atoms with Gasteiger partial charge in [-0.1, -0.05) is 174 Å². The van der Waals surface area contributed by atoms with Crippen LogP contribution < -0.4 is 5.73 Å². The van der Waals surface area contributed by atoms with E-state index in [-0.39, 0.29) is 4.90 Å². The highest BCUT2D eigenvalue weighted by atomic mass is 32.2. The predicted octanol–water partition coefficient (Wildman–Crippen LogP) is 12.2. The van der Waals surface area contributed by atoms with Crippen molar-refractivity contribution in [3.05, 3.63) is 28.8 Å². The monoisotopic (exact) mass is 624 g/mol. The Morgan fingerprint density at radius 1 is 0.535 bits per heavy atom. The first-order valence-corrected chi connectivity index (χ1v) is 20.0. The molecule has 0 heterocycles. The van der Waals surface area contributed by atoms with E-state index in [2.05, 4.69) is 13.8 Å². The summed E-state index contributed by atoms with van der Waals surface area (Å²) in [6, 6.07) is 3.30. The Hall–Kier alpha value is -0.910. The number of hydrogen-bond donors (Lipinski definition) is 2. The van der Waals surface area contributed by atoms with Gasteiger partial charge in [0.05, 0.1) is 4.90 Å². The summed E-state index contributed by atoms with van der Waals surface area (Å²) in [5, 5.41) is 0. The molecule has 0 spiro atoms. The number of nitrogens with two attached hydrogens (primary N) is 1. The highest BCUT2D eigenvalue weighted by Crippen LogP contribution is 2.25. The molecular weight excluding hydrogens is 550 g/mol. The average molecular weight is 624 g/mol. The van der Waals surface area contributed by atoms with Crippen LogP contribution in [0.5, 0.6) is 0 Å².